The van der Waals surface area contributed by atoms with E-state index in [1.807, 2.05) is 52.0 Å². The zero-order valence-corrected chi connectivity index (χ0v) is 19.6. The maximum Gasteiger partial charge on any atom is 0.242 e. The average molecular weight is 449 g/mol. The van der Waals surface area contributed by atoms with Crippen molar-refractivity contribution in [1.82, 2.24) is 10.2 Å². The number of aryl methyl sites for hydroxylation is 1. The lowest BCUT2D eigenvalue weighted by Gasteiger charge is -2.31. The lowest BCUT2D eigenvalue weighted by Crippen LogP contribution is -2.50. The summed E-state index contributed by atoms with van der Waals surface area (Å²) in [6.45, 7) is 8.68. The highest BCUT2D eigenvalue weighted by Gasteiger charge is 2.30. The average Bonchev–Trinajstić information content (AvgIpc) is 2.70. The molecular weight excluding hydrogens is 419 g/mol. The van der Waals surface area contributed by atoms with Gasteiger partial charge in [0.1, 0.15) is 6.04 Å². The minimum Gasteiger partial charge on any atom is -0.354 e. The fraction of sp³-hybridized carbons (Fsp3) is 0.417. The van der Waals surface area contributed by atoms with Crippen LogP contribution in [0.25, 0.3) is 0 Å². The predicted octanol–water partition coefficient (Wildman–Crippen LogP) is 5.42. The molecular formula is C24H30Cl2N2O2. The molecule has 0 spiro atoms. The summed E-state index contributed by atoms with van der Waals surface area (Å²) in [6.07, 6.45) is 0.703. The van der Waals surface area contributed by atoms with Gasteiger partial charge >= 0.3 is 0 Å². The van der Waals surface area contributed by atoms with E-state index in [1.54, 1.807) is 23.1 Å². The Balaban J connectivity index is 2.36. The van der Waals surface area contributed by atoms with Crippen molar-refractivity contribution in [2.75, 3.05) is 6.54 Å². The van der Waals surface area contributed by atoms with Gasteiger partial charge in [0.2, 0.25) is 11.8 Å². The van der Waals surface area contributed by atoms with Gasteiger partial charge in [0.15, 0.2) is 0 Å². The molecule has 0 aliphatic carbocycles. The normalized spacial score (nSPS) is 12.0. The van der Waals surface area contributed by atoms with Crippen LogP contribution in [0.4, 0.5) is 0 Å². The second kappa shape index (κ2) is 11.4. The number of nitrogens with zero attached hydrogens (tertiary/aromatic N) is 1. The molecule has 1 unspecified atom stereocenters. The van der Waals surface area contributed by atoms with Crippen molar-refractivity contribution in [3.05, 3.63) is 69.2 Å². The van der Waals surface area contributed by atoms with Gasteiger partial charge in [-0.05, 0) is 42.5 Å². The molecule has 0 bridgehead atoms. The van der Waals surface area contributed by atoms with E-state index in [2.05, 4.69) is 5.32 Å². The van der Waals surface area contributed by atoms with Crippen LogP contribution in [0.5, 0.6) is 0 Å². The van der Waals surface area contributed by atoms with E-state index < -0.39 is 6.04 Å². The summed E-state index contributed by atoms with van der Waals surface area (Å²) in [5.74, 6) is 0.0277. The van der Waals surface area contributed by atoms with Crippen molar-refractivity contribution in [1.29, 1.82) is 0 Å². The first-order valence-corrected chi connectivity index (χ1v) is 11.0. The molecule has 2 aromatic carbocycles. The molecule has 0 radical (unpaired) electrons. The largest absolute Gasteiger partial charge is 0.354 e. The van der Waals surface area contributed by atoms with Crippen LogP contribution in [-0.4, -0.2) is 29.3 Å². The number of benzene rings is 2. The van der Waals surface area contributed by atoms with E-state index in [4.69, 9.17) is 23.2 Å². The van der Waals surface area contributed by atoms with Crippen LogP contribution in [-0.2, 0) is 22.6 Å². The van der Waals surface area contributed by atoms with Gasteiger partial charge in [-0.2, -0.15) is 0 Å². The monoisotopic (exact) mass is 448 g/mol. The highest BCUT2D eigenvalue weighted by molar-refractivity contribution is 6.36. The van der Waals surface area contributed by atoms with Crippen molar-refractivity contribution in [3.63, 3.8) is 0 Å². The second-order valence-electron chi connectivity index (χ2n) is 7.89. The summed E-state index contributed by atoms with van der Waals surface area (Å²) in [4.78, 5) is 27.9. The Hall–Kier alpha value is -2.04. The van der Waals surface area contributed by atoms with Gasteiger partial charge in [0.05, 0.1) is 6.42 Å². The number of hydrogen-bond donors (Lipinski definition) is 1. The van der Waals surface area contributed by atoms with Gasteiger partial charge in [-0.15, -0.1) is 0 Å². The van der Waals surface area contributed by atoms with Crippen molar-refractivity contribution < 1.29 is 9.59 Å². The Labute approximate surface area is 189 Å². The topological polar surface area (TPSA) is 49.4 Å². The first-order valence-electron chi connectivity index (χ1n) is 10.3. The number of nitrogens with one attached hydrogen (secondary N) is 1. The Kier molecular flexibility index (Phi) is 9.19. The zero-order chi connectivity index (χ0) is 22.3. The van der Waals surface area contributed by atoms with Crippen LogP contribution >= 0.6 is 23.2 Å². The van der Waals surface area contributed by atoms with Crippen LogP contribution in [0, 0.1) is 12.8 Å². The number of halogens is 2. The van der Waals surface area contributed by atoms with Crippen molar-refractivity contribution in [3.8, 4) is 0 Å². The third-order valence-corrected chi connectivity index (χ3v) is 5.77. The van der Waals surface area contributed by atoms with Crippen molar-refractivity contribution >= 4 is 35.0 Å². The molecule has 2 rings (SSSR count). The van der Waals surface area contributed by atoms with E-state index in [1.165, 1.54) is 0 Å². The summed E-state index contributed by atoms with van der Waals surface area (Å²) >= 11 is 12.7. The molecule has 4 nitrogen and oxygen atoms in total. The molecule has 0 fully saturated rings. The molecule has 0 aromatic heterocycles. The molecule has 0 saturated heterocycles. The number of rotatable bonds is 9. The van der Waals surface area contributed by atoms with Crippen molar-refractivity contribution in [2.24, 2.45) is 5.92 Å². The molecule has 6 heteroatoms. The molecule has 2 aromatic rings. The molecule has 1 atom stereocenters. The molecule has 30 heavy (non-hydrogen) atoms. The van der Waals surface area contributed by atoms with Crippen LogP contribution in [0.1, 0.15) is 43.9 Å². The van der Waals surface area contributed by atoms with Gasteiger partial charge in [-0.25, -0.2) is 0 Å². The highest BCUT2D eigenvalue weighted by atomic mass is 35.5. The van der Waals surface area contributed by atoms with E-state index >= 15 is 0 Å². The molecule has 0 aliphatic heterocycles. The number of carbonyl (C=O) groups excluding carboxylic acids is 2. The van der Waals surface area contributed by atoms with Gasteiger partial charge < -0.3 is 10.2 Å². The van der Waals surface area contributed by atoms with Gasteiger partial charge in [-0.1, -0.05) is 74.3 Å². The summed E-state index contributed by atoms with van der Waals surface area (Å²) in [7, 11) is 0. The summed E-state index contributed by atoms with van der Waals surface area (Å²) < 4.78 is 0. The van der Waals surface area contributed by atoms with Gasteiger partial charge in [0.25, 0.3) is 0 Å². The Morgan fingerprint density at radius 3 is 2.23 bits per heavy atom. The van der Waals surface area contributed by atoms with Gasteiger partial charge in [-0.3, -0.25) is 9.59 Å². The van der Waals surface area contributed by atoms with E-state index in [0.29, 0.717) is 34.5 Å². The summed E-state index contributed by atoms with van der Waals surface area (Å²) in [5.41, 5.74) is 2.63. The minimum absolute atomic E-state index is 0.133. The van der Waals surface area contributed by atoms with Crippen LogP contribution in [0.2, 0.25) is 10.0 Å². The second-order valence-corrected chi connectivity index (χ2v) is 8.70. The number of hydrogen-bond acceptors (Lipinski definition) is 2. The summed E-state index contributed by atoms with van der Waals surface area (Å²) in [6, 6.07) is 12.4. The third-order valence-electron chi connectivity index (χ3n) is 5.06. The Morgan fingerprint density at radius 1 is 1.03 bits per heavy atom. The Morgan fingerprint density at radius 2 is 1.67 bits per heavy atom. The number of amides is 2. The fourth-order valence-corrected chi connectivity index (χ4v) is 3.79. The molecule has 0 heterocycles. The first-order chi connectivity index (χ1) is 14.2. The van der Waals surface area contributed by atoms with Crippen LogP contribution in [0.3, 0.4) is 0 Å². The molecule has 1 N–H and O–H groups in total. The van der Waals surface area contributed by atoms with E-state index in [9.17, 15) is 9.59 Å². The fourth-order valence-electron chi connectivity index (χ4n) is 3.27. The van der Waals surface area contributed by atoms with Crippen molar-refractivity contribution in [2.45, 2.75) is 53.1 Å². The van der Waals surface area contributed by atoms with Crippen LogP contribution < -0.4 is 5.32 Å². The molecule has 2 amide bonds. The van der Waals surface area contributed by atoms with E-state index in [0.717, 1.165) is 11.1 Å². The standard InChI is InChI=1S/C24H30Cl2N2O2/c1-5-22(24(30)27-14-16(2)3)28(15-19-20(25)11-8-12-21(19)26)23(29)13-18-10-7-6-9-17(18)4/h6-12,16,22H,5,13-15H2,1-4H3,(H,27,30). The lowest BCUT2D eigenvalue weighted by atomic mass is 10.0. The van der Waals surface area contributed by atoms with E-state index in [-0.39, 0.29) is 24.8 Å². The van der Waals surface area contributed by atoms with Crippen LogP contribution in [0.15, 0.2) is 42.5 Å². The SMILES string of the molecule is CCC(C(=O)NCC(C)C)N(Cc1c(Cl)cccc1Cl)C(=O)Cc1ccccc1C. The maximum absolute atomic E-state index is 13.4. The first kappa shape index (κ1) is 24.2. The zero-order valence-electron chi connectivity index (χ0n) is 18.0. The minimum atomic E-state index is -0.604. The molecule has 0 saturated carbocycles. The number of carbonyl (C=O) groups is 2. The maximum atomic E-state index is 13.4. The molecule has 0 aliphatic rings. The third kappa shape index (κ3) is 6.48. The predicted molar refractivity (Wildman–Crippen MR) is 124 cm³/mol. The quantitative estimate of drug-likeness (QED) is 0.556. The van der Waals surface area contributed by atoms with Gasteiger partial charge in [0, 0.05) is 28.7 Å². The summed E-state index contributed by atoms with van der Waals surface area (Å²) in [5, 5.41) is 3.92. The molecule has 162 valence electrons. The smallest absolute Gasteiger partial charge is 0.242 e. The lowest BCUT2D eigenvalue weighted by molar-refractivity contribution is -0.141. The highest BCUT2D eigenvalue weighted by Crippen LogP contribution is 2.27. The Bertz CT molecular complexity index is 863.